The van der Waals surface area contributed by atoms with Gasteiger partial charge in [0.15, 0.2) is 10.3 Å². The van der Waals surface area contributed by atoms with Crippen molar-refractivity contribution >= 4 is 56.2 Å². The Kier molecular flexibility index (Phi) is 4.67. The molecule has 0 aliphatic heterocycles. The minimum Gasteiger partial charge on any atom is -0.481 e. The van der Waals surface area contributed by atoms with Gasteiger partial charge in [-0.15, -0.1) is 11.3 Å². The lowest BCUT2D eigenvalue weighted by atomic mass is 10.3. The van der Waals surface area contributed by atoms with Gasteiger partial charge in [-0.2, -0.15) is 0 Å². The lowest BCUT2D eigenvalue weighted by Gasteiger charge is -2.08. The standard InChI is InChI=1S/C10H7Cl2N3O4S2/c11-9-8(10(12)14-4-13-9)15-21(18,19)7-2-1-5(20-7)3-6(16)17/h1-2,4,15H,3H2,(H,16,17). The van der Waals surface area contributed by atoms with Crippen LogP contribution in [-0.4, -0.2) is 29.5 Å². The molecule has 2 aromatic heterocycles. The molecule has 2 heterocycles. The molecule has 0 aromatic carbocycles. The lowest BCUT2D eigenvalue weighted by Crippen LogP contribution is -2.13. The highest BCUT2D eigenvalue weighted by molar-refractivity contribution is 7.94. The van der Waals surface area contributed by atoms with Gasteiger partial charge >= 0.3 is 5.97 Å². The summed E-state index contributed by atoms with van der Waals surface area (Å²) in [5, 5.41) is 8.40. The molecule has 0 aliphatic carbocycles. The third kappa shape index (κ3) is 3.82. The van der Waals surface area contributed by atoms with Crippen molar-refractivity contribution in [1.82, 2.24) is 9.97 Å². The number of carboxylic acids is 1. The fourth-order valence-electron chi connectivity index (χ4n) is 1.36. The number of carboxylic acid groups (broad SMARTS) is 1. The van der Waals surface area contributed by atoms with Crippen molar-refractivity contribution in [2.45, 2.75) is 10.6 Å². The molecular weight excluding hydrogens is 361 g/mol. The van der Waals surface area contributed by atoms with Crippen LogP contribution in [0, 0.1) is 0 Å². The van der Waals surface area contributed by atoms with Crippen molar-refractivity contribution in [3.8, 4) is 0 Å². The van der Waals surface area contributed by atoms with Crippen LogP contribution in [0.1, 0.15) is 4.88 Å². The van der Waals surface area contributed by atoms with Crippen LogP contribution >= 0.6 is 34.5 Å². The number of aliphatic carboxylic acids is 1. The second-order valence-electron chi connectivity index (χ2n) is 3.73. The van der Waals surface area contributed by atoms with E-state index in [9.17, 15) is 13.2 Å². The summed E-state index contributed by atoms with van der Waals surface area (Å²) in [5.74, 6) is -1.05. The summed E-state index contributed by atoms with van der Waals surface area (Å²) in [6.45, 7) is 0. The Balaban J connectivity index is 2.30. The van der Waals surface area contributed by atoms with Crippen LogP contribution in [-0.2, 0) is 21.2 Å². The quantitative estimate of drug-likeness (QED) is 0.784. The third-order valence-electron chi connectivity index (χ3n) is 2.22. The molecule has 0 fully saturated rings. The third-order valence-corrected chi connectivity index (χ3v) is 5.72. The first-order valence-electron chi connectivity index (χ1n) is 5.29. The van der Waals surface area contributed by atoms with Gasteiger partial charge in [-0.3, -0.25) is 9.52 Å². The van der Waals surface area contributed by atoms with Gasteiger partial charge in [0.25, 0.3) is 10.0 Å². The summed E-state index contributed by atoms with van der Waals surface area (Å²) in [5.41, 5.74) is -0.131. The summed E-state index contributed by atoms with van der Waals surface area (Å²) >= 11 is 12.4. The fraction of sp³-hybridized carbons (Fsp3) is 0.100. The second kappa shape index (κ2) is 6.14. The minimum atomic E-state index is -3.95. The van der Waals surface area contributed by atoms with Gasteiger partial charge in [-0.1, -0.05) is 23.2 Å². The highest BCUT2D eigenvalue weighted by Gasteiger charge is 2.21. The molecule has 0 aliphatic rings. The molecule has 2 N–H and O–H groups in total. The van der Waals surface area contributed by atoms with Crippen molar-refractivity contribution < 1.29 is 18.3 Å². The van der Waals surface area contributed by atoms with Crippen LogP contribution in [0.5, 0.6) is 0 Å². The van der Waals surface area contributed by atoms with Crippen molar-refractivity contribution in [1.29, 1.82) is 0 Å². The summed E-state index contributed by atoms with van der Waals surface area (Å²) in [6, 6.07) is 2.73. The zero-order valence-corrected chi connectivity index (χ0v) is 13.2. The minimum absolute atomic E-state index is 0.0604. The average Bonchev–Trinajstić information content (AvgIpc) is 2.82. The second-order valence-corrected chi connectivity index (χ2v) is 7.52. The molecule has 0 saturated heterocycles. The maximum absolute atomic E-state index is 12.2. The summed E-state index contributed by atoms with van der Waals surface area (Å²) in [7, 11) is -3.95. The smallest absolute Gasteiger partial charge is 0.308 e. The molecule has 0 amide bonds. The van der Waals surface area contributed by atoms with E-state index in [1.54, 1.807) is 0 Å². The Labute approximate surface area is 133 Å². The van der Waals surface area contributed by atoms with E-state index in [1.807, 2.05) is 0 Å². The average molecular weight is 368 g/mol. The van der Waals surface area contributed by atoms with Crippen molar-refractivity contribution in [3.05, 3.63) is 33.6 Å². The van der Waals surface area contributed by atoms with Gasteiger partial charge in [-0.25, -0.2) is 18.4 Å². The highest BCUT2D eigenvalue weighted by Crippen LogP contribution is 2.30. The van der Waals surface area contributed by atoms with Crippen LogP contribution in [0.15, 0.2) is 22.7 Å². The lowest BCUT2D eigenvalue weighted by molar-refractivity contribution is -0.136. The first-order valence-corrected chi connectivity index (χ1v) is 8.34. The Bertz CT molecular complexity index is 771. The highest BCUT2D eigenvalue weighted by atomic mass is 35.5. The molecule has 11 heteroatoms. The van der Waals surface area contributed by atoms with Crippen LogP contribution in [0.2, 0.25) is 10.3 Å². The number of nitrogens with one attached hydrogen (secondary N) is 1. The zero-order valence-electron chi connectivity index (χ0n) is 10.1. The SMILES string of the molecule is O=C(O)Cc1ccc(S(=O)(=O)Nc2c(Cl)ncnc2Cl)s1. The molecular formula is C10H7Cl2N3O4S2. The van der Waals surface area contributed by atoms with Crippen molar-refractivity contribution in [2.24, 2.45) is 0 Å². The molecule has 21 heavy (non-hydrogen) atoms. The first kappa shape index (κ1) is 16.0. The van der Waals surface area contributed by atoms with E-state index in [4.69, 9.17) is 28.3 Å². The number of sulfonamides is 1. The Morgan fingerprint density at radius 3 is 2.48 bits per heavy atom. The summed E-state index contributed by atoms with van der Waals surface area (Å²) in [6.07, 6.45) is 0.842. The monoisotopic (exact) mass is 367 g/mol. The Morgan fingerprint density at radius 1 is 1.29 bits per heavy atom. The van der Waals surface area contributed by atoms with Crippen molar-refractivity contribution in [2.75, 3.05) is 4.72 Å². The van der Waals surface area contributed by atoms with Crippen molar-refractivity contribution in [3.63, 3.8) is 0 Å². The summed E-state index contributed by atoms with van der Waals surface area (Å²) < 4.78 is 26.5. The molecule has 2 rings (SSSR count). The van der Waals surface area contributed by atoms with Gasteiger partial charge in [0.2, 0.25) is 0 Å². The topological polar surface area (TPSA) is 109 Å². The van der Waals surface area contributed by atoms with E-state index >= 15 is 0 Å². The van der Waals surface area contributed by atoms with Crippen LogP contribution in [0.25, 0.3) is 0 Å². The number of halogens is 2. The summed E-state index contributed by atoms with van der Waals surface area (Å²) in [4.78, 5) is 18.3. The molecule has 2 aromatic rings. The van der Waals surface area contributed by atoms with Gasteiger partial charge in [-0.05, 0) is 12.1 Å². The number of carbonyl (C=O) groups is 1. The van der Waals surface area contributed by atoms with E-state index in [-0.39, 0.29) is 26.6 Å². The van der Waals surface area contributed by atoms with E-state index in [2.05, 4.69) is 14.7 Å². The zero-order chi connectivity index (χ0) is 15.6. The van der Waals surface area contributed by atoms with Gasteiger partial charge in [0, 0.05) is 4.88 Å². The normalized spacial score (nSPS) is 11.3. The number of nitrogens with zero attached hydrogens (tertiary/aromatic N) is 2. The molecule has 0 unspecified atom stereocenters. The number of aromatic nitrogens is 2. The van der Waals surface area contributed by atoms with E-state index in [1.165, 1.54) is 12.1 Å². The maximum Gasteiger partial charge on any atom is 0.308 e. The number of anilines is 1. The first-order chi connectivity index (χ1) is 9.79. The predicted octanol–water partition coefficient (Wildman–Crippen LogP) is 2.27. The molecule has 0 atom stereocenters. The molecule has 0 radical (unpaired) electrons. The number of hydrogen-bond donors (Lipinski definition) is 2. The van der Waals surface area contributed by atoms with Gasteiger partial charge in [0.05, 0.1) is 6.42 Å². The van der Waals surface area contributed by atoms with Crippen LogP contribution < -0.4 is 4.72 Å². The Hall–Kier alpha value is -1.42. The van der Waals surface area contributed by atoms with E-state index in [0.29, 0.717) is 4.88 Å². The predicted molar refractivity (Wildman–Crippen MR) is 78.5 cm³/mol. The maximum atomic E-state index is 12.2. The van der Waals surface area contributed by atoms with Gasteiger partial charge in [0.1, 0.15) is 16.2 Å². The fourth-order valence-corrected chi connectivity index (χ4v) is 4.30. The van der Waals surface area contributed by atoms with Crippen LogP contribution in [0.4, 0.5) is 5.69 Å². The Morgan fingerprint density at radius 2 is 1.90 bits per heavy atom. The largest absolute Gasteiger partial charge is 0.481 e. The van der Waals surface area contributed by atoms with E-state index in [0.717, 1.165) is 17.7 Å². The molecule has 7 nitrogen and oxygen atoms in total. The number of thiophene rings is 1. The molecule has 112 valence electrons. The molecule has 0 saturated carbocycles. The van der Waals surface area contributed by atoms with Gasteiger partial charge < -0.3 is 5.11 Å². The molecule has 0 bridgehead atoms. The molecule has 0 spiro atoms. The van der Waals surface area contributed by atoms with Crippen LogP contribution in [0.3, 0.4) is 0 Å². The van der Waals surface area contributed by atoms with E-state index < -0.39 is 16.0 Å². The number of hydrogen-bond acceptors (Lipinski definition) is 6. The number of rotatable bonds is 5.